The fourth-order valence-electron chi connectivity index (χ4n) is 3.35. The van der Waals surface area contributed by atoms with Gasteiger partial charge in [0.25, 0.3) is 0 Å². The smallest absolute Gasteiger partial charge is 0.191 e. The number of aliphatic imine (C=N–C) groups is 1. The van der Waals surface area contributed by atoms with E-state index in [1.165, 1.54) is 32.5 Å². The number of benzene rings is 1. The molecule has 0 amide bonds. The Morgan fingerprint density at radius 2 is 1.92 bits per heavy atom. The molecular formula is C21H36N4O. The Kier molecular flexibility index (Phi) is 8.23. The molecule has 1 atom stereocenters. The molecule has 5 nitrogen and oxygen atoms in total. The van der Waals surface area contributed by atoms with Crippen molar-refractivity contribution < 1.29 is 4.74 Å². The van der Waals surface area contributed by atoms with Crippen LogP contribution in [0.5, 0.6) is 5.75 Å². The molecule has 2 rings (SSSR count). The van der Waals surface area contributed by atoms with Gasteiger partial charge in [-0.2, -0.15) is 0 Å². The van der Waals surface area contributed by atoms with E-state index >= 15 is 0 Å². The molecule has 2 N–H and O–H groups in total. The minimum absolute atomic E-state index is 0.0718. The second kappa shape index (κ2) is 10.4. The summed E-state index contributed by atoms with van der Waals surface area (Å²) in [5, 5.41) is 6.97. The van der Waals surface area contributed by atoms with Crippen LogP contribution in [-0.4, -0.2) is 56.2 Å². The third-order valence-electron chi connectivity index (χ3n) is 4.75. The Morgan fingerprint density at radius 1 is 1.23 bits per heavy atom. The van der Waals surface area contributed by atoms with Gasteiger partial charge in [-0.15, -0.1) is 0 Å². The minimum atomic E-state index is 0.0718. The molecule has 0 saturated carbocycles. The molecule has 1 saturated heterocycles. The highest BCUT2D eigenvalue weighted by Crippen LogP contribution is 2.17. The first-order chi connectivity index (χ1) is 12.5. The summed E-state index contributed by atoms with van der Waals surface area (Å²) in [5.41, 5.74) is 1.16. The molecule has 1 unspecified atom stereocenters. The molecule has 0 radical (unpaired) electrons. The third-order valence-corrected chi connectivity index (χ3v) is 4.75. The number of guanidine groups is 1. The topological polar surface area (TPSA) is 48.9 Å². The monoisotopic (exact) mass is 360 g/mol. The lowest BCUT2D eigenvalue weighted by atomic mass is 10.0. The number of hydrogen-bond donors (Lipinski definition) is 2. The molecule has 5 heteroatoms. The van der Waals surface area contributed by atoms with Crippen molar-refractivity contribution in [2.45, 2.75) is 52.7 Å². The highest BCUT2D eigenvalue weighted by atomic mass is 16.5. The zero-order valence-corrected chi connectivity index (χ0v) is 17.1. The van der Waals surface area contributed by atoms with Crippen LogP contribution in [0.4, 0.5) is 0 Å². The highest BCUT2D eigenvalue weighted by Gasteiger charge is 2.20. The standard InChI is InChI=1S/C21H36N4O/c1-16(2)15-25-12-10-19(11-13-25)24-21(22-5)23-14-18(4)26-20-9-7-6-8-17(20)3/h6-9,16,18-19H,10-15H2,1-5H3,(H2,22,23,24). The molecule has 1 aliphatic rings. The van der Waals surface area contributed by atoms with Gasteiger partial charge in [0.2, 0.25) is 0 Å². The predicted molar refractivity (Wildman–Crippen MR) is 110 cm³/mol. The fourth-order valence-corrected chi connectivity index (χ4v) is 3.35. The van der Waals surface area contributed by atoms with E-state index in [0.29, 0.717) is 6.04 Å². The highest BCUT2D eigenvalue weighted by molar-refractivity contribution is 5.80. The first-order valence-corrected chi connectivity index (χ1v) is 9.89. The van der Waals surface area contributed by atoms with Gasteiger partial charge in [-0.25, -0.2) is 0 Å². The lowest BCUT2D eigenvalue weighted by molar-refractivity contribution is 0.186. The lowest BCUT2D eigenvalue weighted by Gasteiger charge is -2.34. The number of nitrogens with one attached hydrogen (secondary N) is 2. The van der Waals surface area contributed by atoms with Gasteiger partial charge < -0.3 is 20.3 Å². The van der Waals surface area contributed by atoms with Crippen LogP contribution in [-0.2, 0) is 0 Å². The zero-order chi connectivity index (χ0) is 18.9. The Balaban J connectivity index is 1.72. The number of piperidine rings is 1. The van der Waals surface area contributed by atoms with Crippen molar-refractivity contribution in [1.82, 2.24) is 15.5 Å². The summed E-state index contributed by atoms with van der Waals surface area (Å²) in [4.78, 5) is 6.94. The van der Waals surface area contributed by atoms with Gasteiger partial charge in [-0.1, -0.05) is 32.0 Å². The van der Waals surface area contributed by atoms with Crippen molar-refractivity contribution in [3.63, 3.8) is 0 Å². The molecule has 1 aliphatic heterocycles. The Morgan fingerprint density at radius 3 is 2.54 bits per heavy atom. The van der Waals surface area contributed by atoms with E-state index in [0.717, 1.165) is 29.7 Å². The average Bonchev–Trinajstić information content (AvgIpc) is 2.61. The van der Waals surface area contributed by atoms with Gasteiger partial charge in [-0.3, -0.25) is 4.99 Å². The van der Waals surface area contributed by atoms with Gasteiger partial charge in [0, 0.05) is 32.7 Å². The maximum Gasteiger partial charge on any atom is 0.191 e. The maximum atomic E-state index is 6.03. The number of aryl methyl sites for hydroxylation is 1. The number of likely N-dealkylation sites (tertiary alicyclic amines) is 1. The molecule has 146 valence electrons. The van der Waals surface area contributed by atoms with Crippen molar-refractivity contribution in [2.75, 3.05) is 33.2 Å². The summed E-state index contributed by atoms with van der Waals surface area (Å²) >= 11 is 0. The van der Waals surface area contributed by atoms with Crippen LogP contribution >= 0.6 is 0 Å². The average molecular weight is 361 g/mol. The number of ether oxygens (including phenoxy) is 1. The van der Waals surface area contributed by atoms with Crippen LogP contribution in [0, 0.1) is 12.8 Å². The molecule has 0 bridgehead atoms. The van der Waals surface area contributed by atoms with E-state index in [-0.39, 0.29) is 6.10 Å². The number of hydrogen-bond acceptors (Lipinski definition) is 3. The molecule has 0 aliphatic carbocycles. The molecule has 1 aromatic rings. The first-order valence-electron chi connectivity index (χ1n) is 9.89. The van der Waals surface area contributed by atoms with Crippen molar-refractivity contribution >= 4 is 5.96 Å². The summed E-state index contributed by atoms with van der Waals surface area (Å²) in [5.74, 6) is 2.55. The first kappa shape index (κ1) is 20.6. The summed E-state index contributed by atoms with van der Waals surface area (Å²) in [7, 11) is 1.83. The molecule has 1 aromatic carbocycles. The second-order valence-electron chi connectivity index (χ2n) is 7.76. The van der Waals surface area contributed by atoms with Crippen molar-refractivity contribution in [1.29, 1.82) is 0 Å². The zero-order valence-electron chi connectivity index (χ0n) is 17.1. The summed E-state index contributed by atoms with van der Waals surface area (Å²) in [6.45, 7) is 13.0. The Bertz CT molecular complexity index is 565. The Labute approximate surface area is 159 Å². The fraction of sp³-hybridized carbons (Fsp3) is 0.667. The maximum absolute atomic E-state index is 6.03. The summed E-state index contributed by atoms with van der Waals surface area (Å²) < 4.78 is 6.03. The van der Waals surface area contributed by atoms with Crippen molar-refractivity contribution in [3.8, 4) is 5.75 Å². The minimum Gasteiger partial charge on any atom is -0.489 e. The largest absolute Gasteiger partial charge is 0.489 e. The summed E-state index contributed by atoms with van der Waals surface area (Å²) in [6, 6.07) is 8.63. The molecule has 1 fully saturated rings. The van der Waals surface area contributed by atoms with E-state index in [1.54, 1.807) is 0 Å². The second-order valence-corrected chi connectivity index (χ2v) is 7.76. The van der Waals surface area contributed by atoms with E-state index in [2.05, 4.69) is 54.3 Å². The Hall–Kier alpha value is -1.75. The van der Waals surface area contributed by atoms with Crippen LogP contribution in [0.15, 0.2) is 29.3 Å². The normalized spacial score (nSPS) is 18.0. The van der Waals surface area contributed by atoms with Crippen LogP contribution in [0.3, 0.4) is 0 Å². The molecule has 1 heterocycles. The molecule has 0 aromatic heterocycles. The van der Waals surface area contributed by atoms with E-state index in [9.17, 15) is 0 Å². The van der Waals surface area contributed by atoms with Gasteiger partial charge in [0.15, 0.2) is 5.96 Å². The SMILES string of the molecule is CN=C(NCC(C)Oc1ccccc1C)NC1CCN(CC(C)C)CC1. The summed E-state index contributed by atoms with van der Waals surface area (Å²) in [6.07, 6.45) is 2.41. The van der Waals surface area contributed by atoms with E-state index < -0.39 is 0 Å². The number of nitrogens with zero attached hydrogens (tertiary/aromatic N) is 2. The van der Waals surface area contributed by atoms with Crippen molar-refractivity contribution in [3.05, 3.63) is 29.8 Å². The van der Waals surface area contributed by atoms with E-state index in [1.807, 2.05) is 25.2 Å². The number of rotatable bonds is 7. The van der Waals surface area contributed by atoms with Crippen molar-refractivity contribution in [2.24, 2.45) is 10.9 Å². The third kappa shape index (κ3) is 6.87. The predicted octanol–water partition coefficient (Wildman–Crippen LogP) is 3.05. The van der Waals surface area contributed by atoms with Crippen LogP contribution in [0.1, 0.15) is 39.2 Å². The van der Waals surface area contributed by atoms with Gasteiger partial charge in [0.1, 0.15) is 11.9 Å². The molecule has 0 spiro atoms. The van der Waals surface area contributed by atoms with Gasteiger partial charge in [0.05, 0.1) is 6.54 Å². The van der Waals surface area contributed by atoms with E-state index in [4.69, 9.17) is 4.74 Å². The van der Waals surface area contributed by atoms with Gasteiger partial charge >= 0.3 is 0 Å². The molecule has 26 heavy (non-hydrogen) atoms. The van der Waals surface area contributed by atoms with Crippen LogP contribution in [0.25, 0.3) is 0 Å². The van der Waals surface area contributed by atoms with Gasteiger partial charge in [-0.05, 0) is 44.2 Å². The van der Waals surface area contributed by atoms with Crippen LogP contribution in [0.2, 0.25) is 0 Å². The number of para-hydroxylation sites is 1. The van der Waals surface area contributed by atoms with Crippen LogP contribution < -0.4 is 15.4 Å². The molecular weight excluding hydrogens is 324 g/mol. The lowest BCUT2D eigenvalue weighted by Crippen LogP contribution is -2.50. The quantitative estimate of drug-likeness (QED) is 0.580.